The van der Waals surface area contributed by atoms with E-state index in [4.69, 9.17) is 15.0 Å². The van der Waals surface area contributed by atoms with Crippen LogP contribution in [-0.4, -0.2) is 15.0 Å². The molecule has 4 fully saturated rings. The smallest absolute Gasteiger partial charge is 0.164 e. The van der Waals surface area contributed by atoms with E-state index in [2.05, 4.69) is 115 Å². The standard InChI is InChI=1S/C51H39N3/c1-3-12-33(13-4-1)48-52-49(34-14-5-2-6-15-34)54-50(53-48)38-19-11-18-37(28-38)44-30-39-27-35-16-7-8-17-36(35)29-43(39)46-42-20-9-10-21-45(42)51(47(44)46)40-23-31-22-32(25-40)26-41(51)24-31/h1-21,27-32,40-41H,22-26H2. The number of fused-ring (bicyclic) bond motifs is 6. The minimum absolute atomic E-state index is 0.0264. The molecule has 0 radical (unpaired) electrons. The van der Waals surface area contributed by atoms with Gasteiger partial charge in [0.1, 0.15) is 0 Å². The van der Waals surface area contributed by atoms with Gasteiger partial charge >= 0.3 is 0 Å². The molecule has 8 aromatic rings. The van der Waals surface area contributed by atoms with Crippen molar-refractivity contribution in [3.63, 3.8) is 0 Å². The quantitative estimate of drug-likeness (QED) is 0.172. The first kappa shape index (κ1) is 30.5. The van der Waals surface area contributed by atoms with Gasteiger partial charge in [-0.15, -0.1) is 0 Å². The highest BCUT2D eigenvalue weighted by Crippen LogP contribution is 2.71. The molecule has 0 N–H and O–H groups in total. The predicted molar refractivity (Wildman–Crippen MR) is 220 cm³/mol. The van der Waals surface area contributed by atoms with E-state index in [-0.39, 0.29) is 5.41 Å². The molecule has 0 atom stereocenters. The summed E-state index contributed by atoms with van der Waals surface area (Å²) in [4.78, 5) is 15.3. The van der Waals surface area contributed by atoms with Gasteiger partial charge in [0.15, 0.2) is 17.5 Å². The third-order valence-electron chi connectivity index (χ3n) is 13.6. The van der Waals surface area contributed by atoms with Crippen LogP contribution in [0.1, 0.15) is 43.2 Å². The van der Waals surface area contributed by atoms with Crippen molar-refractivity contribution < 1.29 is 0 Å². The second kappa shape index (κ2) is 11.5. The van der Waals surface area contributed by atoms with Gasteiger partial charge in [0.25, 0.3) is 0 Å². The fourth-order valence-corrected chi connectivity index (χ4v) is 11.8. The van der Waals surface area contributed by atoms with E-state index in [0.29, 0.717) is 29.3 Å². The molecule has 5 aliphatic rings. The lowest BCUT2D eigenvalue weighted by Gasteiger charge is -2.61. The highest BCUT2D eigenvalue weighted by atomic mass is 15.0. The maximum Gasteiger partial charge on any atom is 0.164 e. The van der Waals surface area contributed by atoms with Crippen molar-refractivity contribution in [1.29, 1.82) is 0 Å². The fraction of sp³-hybridized carbons (Fsp3) is 0.196. The monoisotopic (exact) mass is 693 g/mol. The molecule has 1 aromatic heterocycles. The van der Waals surface area contributed by atoms with Gasteiger partial charge in [-0.1, -0.05) is 127 Å². The number of nitrogens with zero attached hydrogens (tertiary/aromatic N) is 3. The normalized spacial score (nSPS) is 23.3. The maximum absolute atomic E-state index is 5.14. The van der Waals surface area contributed by atoms with E-state index in [9.17, 15) is 0 Å². The molecule has 0 saturated heterocycles. The Labute approximate surface area is 315 Å². The molecule has 7 aromatic carbocycles. The van der Waals surface area contributed by atoms with Crippen LogP contribution in [0.2, 0.25) is 0 Å². The van der Waals surface area contributed by atoms with Crippen LogP contribution in [0.3, 0.4) is 0 Å². The zero-order valence-electron chi connectivity index (χ0n) is 30.1. The molecule has 3 nitrogen and oxygen atoms in total. The van der Waals surface area contributed by atoms with Crippen LogP contribution in [0.5, 0.6) is 0 Å². The Morgan fingerprint density at radius 3 is 1.61 bits per heavy atom. The van der Waals surface area contributed by atoms with Crippen molar-refractivity contribution in [3.05, 3.63) is 163 Å². The van der Waals surface area contributed by atoms with Crippen molar-refractivity contribution >= 4 is 21.5 Å². The van der Waals surface area contributed by atoms with Crippen molar-refractivity contribution in [2.24, 2.45) is 23.7 Å². The number of benzene rings is 7. The minimum Gasteiger partial charge on any atom is -0.208 e. The number of aromatic nitrogens is 3. The summed E-state index contributed by atoms with van der Waals surface area (Å²) in [5.74, 6) is 5.17. The molecule has 1 heterocycles. The molecule has 4 saturated carbocycles. The van der Waals surface area contributed by atoms with Crippen LogP contribution in [-0.2, 0) is 5.41 Å². The van der Waals surface area contributed by atoms with E-state index < -0.39 is 0 Å². The molecule has 3 heteroatoms. The van der Waals surface area contributed by atoms with Gasteiger partial charge in [-0.05, 0) is 135 Å². The van der Waals surface area contributed by atoms with Crippen LogP contribution in [0, 0.1) is 23.7 Å². The summed E-state index contributed by atoms with van der Waals surface area (Å²) < 4.78 is 0. The average Bonchev–Trinajstić information content (AvgIpc) is 3.54. The SMILES string of the molecule is c1ccc(-c2nc(-c3ccccc3)nc(-c3cccc(-c4cc5cc6ccccc6cc5c5c4C4(c6ccccc6-5)C5CC6CC(C5)CC4C6)c3)n2)cc1. The molecule has 54 heavy (non-hydrogen) atoms. The largest absolute Gasteiger partial charge is 0.208 e. The van der Waals surface area contributed by atoms with Gasteiger partial charge in [0.2, 0.25) is 0 Å². The van der Waals surface area contributed by atoms with Crippen LogP contribution in [0.25, 0.3) is 78.0 Å². The molecule has 0 amide bonds. The van der Waals surface area contributed by atoms with Crippen LogP contribution in [0.4, 0.5) is 0 Å². The van der Waals surface area contributed by atoms with Crippen molar-refractivity contribution in [2.75, 3.05) is 0 Å². The van der Waals surface area contributed by atoms with E-state index >= 15 is 0 Å². The summed E-state index contributed by atoms with van der Waals surface area (Å²) in [6.45, 7) is 0. The summed E-state index contributed by atoms with van der Waals surface area (Å²) in [5.41, 5.74) is 11.7. The maximum atomic E-state index is 5.14. The third-order valence-corrected chi connectivity index (χ3v) is 13.6. The van der Waals surface area contributed by atoms with Gasteiger partial charge in [0.05, 0.1) is 0 Å². The first-order chi connectivity index (χ1) is 26.7. The fourth-order valence-electron chi connectivity index (χ4n) is 11.8. The third kappa shape index (κ3) is 4.39. The van der Waals surface area contributed by atoms with Crippen molar-refractivity contribution in [1.82, 2.24) is 15.0 Å². The number of rotatable bonds is 4. The Hall–Kier alpha value is -5.93. The Morgan fingerprint density at radius 1 is 0.407 bits per heavy atom. The summed E-state index contributed by atoms with van der Waals surface area (Å²) in [6.07, 6.45) is 6.85. The average molecular weight is 694 g/mol. The van der Waals surface area contributed by atoms with Gasteiger partial charge in [-0.2, -0.15) is 0 Å². The number of hydrogen-bond acceptors (Lipinski definition) is 3. The lowest BCUT2D eigenvalue weighted by atomic mass is 9.42. The second-order valence-electron chi connectivity index (χ2n) is 16.4. The van der Waals surface area contributed by atoms with E-state index in [1.165, 1.54) is 75.9 Å². The Balaban J connectivity index is 1.13. The van der Waals surface area contributed by atoms with Gasteiger partial charge < -0.3 is 0 Å². The molecular weight excluding hydrogens is 655 g/mol. The zero-order chi connectivity index (χ0) is 35.4. The van der Waals surface area contributed by atoms with E-state index in [0.717, 1.165) is 28.5 Å². The first-order valence-corrected chi connectivity index (χ1v) is 19.8. The Morgan fingerprint density at radius 2 is 0.944 bits per heavy atom. The Kier molecular flexibility index (Phi) is 6.52. The lowest BCUT2D eigenvalue weighted by Crippen LogP contribution is -2.55. The molecule has 0 unspecified atom stereocenters. The van der Waals surface area contributed by atoms with Crippen molar-refractivity contribution in [2.45, 2.75) is 37.5 Å². The topological polar surface area (TPSA) is 38.7 Å². The van der Waals surface area contributed by atoms with Crippen LogP contribution >= 0.6 is 0 Å². The second-order valence-corrected chi connectivity index (χ2v) is 16.4. The summed E-state index contributed by atoms with van der Waals surface area (Å²) >= 11 is 0. The minimum atomic E-state index is 0.0264. The van der Waals surface area contributed by atoms with Crippen LogP contribution in [0.15, 0.2) is 152 Å². The van der Waals surface area contributed by atoms with Crippen molar-refractivity contribution in [3.8, 4) is 56.4 Å². The molecule has 4 bridgehead atoms. The Bertz CT molecular complexity index is 2700. The van der Waals surface area contributed by atoms with Gasteiger partial charge in [-0.25, -0.2) is 15.0 Å². The summed E-state index contributed by atoms with van der Waals surface area (Å²) in [5, 5.41) is 5.29. The predicted octanol–water partition coefficient (Wildman–Crippen LogP) is 12.6. The van der Waals surface area contributed by atoms with E-state index in [1.54, 1.807) is 11.1 Å². The van der Waals surface area contributed by atoms with E-state index in [1.807, 2.05) is 36.4 Å². The molecule has 0 aliphatic heterocycles. The highest BCUT2D eigenvalue weighted by Gasteiger charge is 2.62. The highest BCUT2D eigenvalue weighted by molar-refractivity contribution is 6.11. The van der Waals surface area contributed by atoms with Gasteiger partial charge in [0, 0.05) is 22.1 Å². The molecule has 5 aliphatic carbocycles. The zero-order valence-corrected chi connectivity index (χ0v) is 30.1. The first-order valence-electron chi connectivity index (χ1n) is 19.8. The molecule has 258 valence electrons. The summed E-state index contributed by atoms with van der Waals surface area (Å²) in [6, 6.07) is 55.5. The molecule has 13 rings (SSSR count). The van der Waals surface area contributed by atoms with Crippen LogP contribution < -0.4 is 0 Å². The molecular formula is C51H39N3. The van der Waals surface area contributed by atoms with Gasteiger partial charge in [-0.3, -0.25) is 0 Å². The molecule has 1 spiro atoms. The number of hydrogen-bond donors (Lipinski definition) is 0. The lowest BCUT2D eigenvalue weighted by molar-refractivity contribution is -0.0397. The summed E-state index contributed by atoms with van der Waals surface area (Å²) in [7, 11) is 0.